The molecule has 1 aliphatic heterocycles. The van der Waals surface area contributed by atoms with E-state index >= 15 is 0 Å². The Hall–Kier alpha value is -3.70. The lowest BCUT2D eigenvalue weighted by Crippen LogP contribution is -2.36. The van der Waals surface area contributed by atoms with Crippen molar-refractivity contribution in [3.8, 4) is 17.0 Å². The quantitative estimate of drug-likeness (QED) is 0.402. The third-order valence-corrected chi connectivity index (χ3v) is 5.71. The van der Waals surface area contributed by atoms with Gasteiger partial charge in [0.25, 0.3) is 0 Å². The Morgan fingerprint density at radius 3 is 2.59 bits per heavy atom. The molecule has 5 heteroatoms. The Morgan fingerprint density at radius 2 is 1.78 bits per heavy atom. The van der Waals surface area contributed by atoms with Gasteiger partial charge in [-0.2, -0.15) is 0 Å². The summed E-state index contributed by atoms with van der Waals surface area (Å²) in [5.74, 6) is 0.767. The van der Waals surface area contributed by atoms with E-state index < -0.39 is 0 Å². The topological polar surface area (TPSA) is 51.7 Å². The van der Waals surface area contributed by atoms with Gasteiger partial charge in [-0.1, -0.05) is 42.5 Å². The van der Waals surface area contributed by atoms with E-state index in [1.165, 1.54) is 0 Å². The summed E-state index contributed by atoms with van der Waals surface area (Å²) >= 11 is 0. The summed E-state index contributed by atoms with van der Waals surface area (Å²) < 4.78 is 11.4. The van der Waals surface area contributed by atoms with Gasteiger partial charge in [-0.05, 0) is 42.0 Å². The number of aromatic nitrogens is 1. The molecule has 0 bridgehead atoms. The number of fused-ring (bicyclic) bond motifs is 1. The van der Waals surface area contributed by atoms with Crippen LogP contribution in [-0.2, 0) is 11.3 Å². The van der Waals surface area contributed by atoms with Crippen molar-refractivity contribution >= 4 is 22.9 Å². The summed E-state index contributed by atoms with van der Waals surface area (Å²) in [7, 11) is 0. The van der Waals surface area contributed by atoms with Gasteiger partial charge < -0.3 is 14.4 Å². The van der Waals surface area contributed by atoms with E-state index in [-0.39, 0.29) is 0 Å². The predicted octanol–water partition coefficient (Wildman–Crippen LogP) is 5.13. The maximum absolute atomic E-state index is 11.9. The molecule has 2 heterocycles. The molecule has 0 spiro atoms. The second-order valence-electron chi connectivity index (χ2n) is 7.82. The van der Waals surface area contributed by atoms with E-state index in [4.69, 9.17) is 14.5 Å². The summed E-state index contributed by atoms with van der Waals surface area (Å²) in [5, 5.41) is 0.865. The van der Waals surface area contributed by atoms with Crippen LogP contribution in [0.25, 0.3) is 22.2 Å². The molecular formula is C27H24N2O3. The first-order valence-corrected chi connectivity index (χ1v) is 10.8. The van der Waals surface area contributed by atoms with E-state index in [9.17, 15) is 4.79 Å². The lowest BCUT2D eigenvalue weighted by molar-refractivity contribution is 0.112. The van der Waals surface area contributed by atoms with Crippen molar-refractivity contribution in [2.45, 2.75) is 6.61 Å². The highest BCUT2D eigenvalue weighted by Crippen LogP contribution is 2.29. The van der Waals surface area contributed by atoms with Gasteiger partial charge in [0, 0.05) is 35.3 Å². The largest absolute Gasteiger partial charge is 0.489 e. The van der Waals surface area contributed by atoms with Crippen LogP contribution in [0.4, 0.5) is 5.69 Å². The fourth-order valence-electron chi connectivity index (χ4n) is 3.99. The summed E-state index contributed by atoms with van der Waals surface area (Å²) in [6.07, 6.45) is 0.909. The van der Waals surface area contributed by atoms with Gasteiger partial charge >= 0.3 is 0 Å². The molecule has 5 nitrogen and oxygen atoms in total. The highest BCUT2D eigenvalue weighted by Gasteiger charge is 2.14. The zero-order valence-corrected chi connectivity index (χ0v) is 17.7. The van der Waals surface area contributed by atoms with Gasteiger partial charge in [-0.15, -0.1) is 0 Å². The number of rotatable bonds is 6. The van der Waals surface area contributed by atoms with Crippen molar-refractivity contribution in [3.05, 3.63) is 90.0 Å². The number of hydrogen-bond acceptors (Lipinski definition) is 5. The Balaban J connectivity index is 1.44. The zero-order valence-electron chi connectivity index (χ0n) is 17.7. The zero-order chi connectivity index (χ0) is 21.8. The molecular weight excluding hydrogens is 400 g/mol. The van der Waals surface area contributed by atoms with Crippen LogP contribution in [0.2, 0.25) is 0 Å². The second-order valence-corrected chi connectivity index (χ2v) is 7.82. The molecule has 0 amide bonds. The average molecular weight is 425 g/mol. The molecule has 1 fully saturated rings. The fraction of sp³-hybridized carbons (Fsp3) is 0.185. The number of pyridine rings is 1. The molecule has 3 aromatic carbocycles. The Morgan fingerprint density at radius 1 is 0.938 bits per heavy atom. The number of hydrogen-bond donors (Lipinski definition) is 0. The molecule has 1 saturated heterocycles. The van der Waals surface area contributed by atoms with E-state index in [1.807, 2.05) is 66.7 Å². The number of nitrogens with zero attached hydrogens (tertiary/aromatic N) is 2. The minimum atomic E-state index is 0.499. The number of ether oxygens (including phenoxy) is 2. The van der Waals surface area contributed by atoms with Crippen molar-refractivity contribution in [1.82, 2.24) is 4.98 Å². The van der Waals surface area contributed by atoms with Gasteiger partial charge in [-0.3, -0.25) is 4.79 Å². The monoisotopic (exact) mass is 424 g/mol. The van der Waals surface area contributed by atoms with Crippen LogP contribution in [0, 0.1) is 0 Å². The van der Waals surface area contributed by atoms with Crippen molar-refractivity contribution < 1.29 is 14.3 Å². The molecule has 0 unspecified atom stereocenters. The third kappa shape index (κ3) is 4.34. The molecule has 0 aliphatic carbocycles. The lowest BCUT2D eigenvalue weighted by Gasteiger charge is -2.29. The van der Waals surface area contributed by atoms with Crippen LogP contribution >= 0.6 is 0 Å². The summed E-state index contributed by atoms with van der Waals surface area (Å²) in [5.41, 5.74) is 5.31. The van der Waals surface area contributed by atoms with Gasteiger partial charge in [0.05, 0.1) is 24.4 Å². The molecule has 4 aromatic rings. The Labute approximate surface area is 187 Å². The molecule has 1 aliphatic rings. The Kier molecular flexibility index (Phi) is 5.81. The molecule has 0 saturated carbocycles. The first-order valence-electron chi connectivity index (χ1n) is 10.8. The third-order valence-electron chi connectivity index (χ3n) is 5.71. The number of anilines is 1. The van der Waals surface area contributed by atoms with Crippen LogP contribution in [0.5, 0.6) is 5.75 Å². The number of aldehydes is 1. The van der Waals surface area contributed by atoms with E-state index in [0.29, 0.717) is 12.2 Å². The normalized spacial score (nSPS) is 13.8. The fourth-order valence-corrected chi connectivity index (χ4v) is 3.99. The smallest absolute Gasteiger partial charge is 0.150 e. The van der Waals surface area contributed by atoms with Crippen molar-refractivity contribution in [1.29, 1.82) is 0 Å². The van der Waals surface area contributed by atoms with E-state index in [1.54, 1.807) is 0 Å². The Bertz CT molecular complexity index is 1230. The van der Waals surface area contributed by atoms with Gasteiger partial charge in [0.2, 0.25) is 0 Å². The van der Waals surface area contributed by atoms with Crippen LogP contribution in [0.15, 0.2) is 78.9 Å². The average Bonchev–Trinajstić information content (AvgIpc) is 2.88. The second kappa shape index (κ2) is 9.20. The predicted molar refractivity (Wildman–Crippen MR) is 126 cm³/mol. The van der Waals surface area contributed by atoms with Gasteiger partial charge in [0.15, 0.2) is 6.29 Å². The minimum absolute atomic E-state index is 0.499. The van der Waals surface area contributed by atoms with Crippen LogP contribution in [-0.4, -0.2) is 37.6 Å². The summed E-state index contributed by atoms with van der Waals surface area (Å²) in [4.78, 5) is 19.1. The first-order chi connectivity index (χ1) is 15.8. The van der Waals surface area contributed by atoms with Crippen molar-refractivity contribution in [3.63, 3.8) is 0 Å². The van der Waals surface area contributed by atoms with Crippen LogP contribution < -0.4 is 9.64 Å². The molecule has 1 aromatic heterocycles. The number of carbonyl (C=O) groups excluding carboxylic acids is 1. The van der Waals surface area contributed by atoms with Crippen molar-refractivity contribution in [2.75, 3.05) is 31.2 Å². The summed E-state index contributed by atoms with van der Waals surface area (Å²) in [6.45, 7) is 3.64. The lowest BCUT2D eigenvalue weighted by atomic mass is 10.0. The molecule has 160 valence electrons. The maximum atomic E-state index is 11.9. The first kappa shape index (κ1) is 20.2. The van der Waals surface area contributed by atoms with E-state index in [0.717, 1.165) is 71.8 Å². The summed E-state index contributed by atoms with van der Waals surface area (Å²) in [6, 6.07) is 25.9. The SMILES string of the molecule is O=Cc1cc(-c2cccc(OCc3ccccc3)c2)nc2ccc(N3CCOCC3)cc12. The van der Waals surface area contributed by atoms with Crippen LogP contribution in [0.1, 0.15) is 15.9 Å². The molecule has 0 radical (unpaired) electrons. The van der Waals surface area contributed by atoms with Gasteiger partial charge in [0.1, 0.15) is 12.4 Å². The number of carbonyl (C=O) groups is 1. The van der Waals surface area contributed by atoms with Crippen LogP contribution in [0.3, 0.4) is 0 Å². The molecule has 5 rings (SSSR count). The minimum Gasteiger partial charge on any atom is -0.489 e. The maximum Gasteiger partial charge on any atom is 0.150 e. The standard InChI is InChI=1S/C27H24N2O3/c30-18-22-16-27(21-7-4-8-24(15-21)32-19-20-5-2-1-3-6-20)28-26-10-9-23(17-25(22)26)29-11-13-31-14-12-29/h1-10,15-18H,11-14,19H2. The molecule has 0 atom stereocenters. The highest BCUT2D eigenvalue weighted by atomic mass is 16.5. The van der Waals surface area contributed by atoms with Crippen molar-refractivity contribution in [2.24, 2.45) is 0 Å². The van der Waals surface area contributed by atoms with Gasteiger partial charge in [-0.25, -0.2) is 4.98 Å². The van der Waals surface area contributed by atoms with E-state index in [2.05, 4.69) is 17.0 Å². The molecule has 32 heavy (non-hydrogen) atoms. The molecule has 0 N–H and O–H groups in total. The highest BCUT2D eigenvalue weighted by molar-refractivity contribution is 5.99. The number of benzene rings is 3. The number of morpholine rings is 1.